The van der Waals surface area contributed by atoms with Crippen molar-refractivity contribution in [1.82, 2.24) is 0 Å². The summed E-state index contributed by atoms with van der Waals surface area (Å²) in [6, 6.07) is 16.0. The number of ether oxygens (including phenoxy) is 6. The van der Waals surface area contributed by atoms with E-state index in [2.05, 4.69) is 13.6 Å². The van der Waals surface area contributed by atoms with Gasteiger partial charge in [0, 0.05) is 0 Å². The molecule has 6 N–H and O–H groups in total. The van der Waals surface area contributed by atoms with Gasteiger partial charge in [-0.25, -0.2) is 37.9 Å². The van der Waals surface area contributed by atoms with Crippen molar-refractivity contribution in [3.05, 3.63) is 106 Å². The number of aliphatic hydroxyl groups is 3. The fraction of sp³-hybridized carbons (Fsp3) is 0.333. The summed E-state index contributed by atoms with van der Waals surface area (Å²) in [5.41, 5.74) is 0.902. The molecule has 0 amide bonds. The highest BCUT2D eigenvalue weighted by atomic mass is 31.2. The summed E-state index contributed by atoms with van der Waals surface area (Å²) in [7, 11) is -9.12. The van der Waals surface area contributed by atoms with Crippen LogP contribution < -0.4 is 0 Å². The molecule has 61 heavy (non-hydrogen) atoms. The first-order valence-corrected chi connectivity index (χ1v) is 20.5. The maximum Gasteiger partial charge on any atom is 0.472 e. The van der Waals surface area contributed by atoms with Crippen LogP contribution in [-0.4, -0.2) is 145 Å². The Labute approximate surface area is 346 Å². The van der Waals surface area contributed by atoms with Crippen molar-refractivity contribution in [1.29, 1.82) is 0 Å². The second-order valence-electron chi connectivity index (χ2n) is 11.2. The molecule has 0 spiro atoms. The Hall–Kier alpha value is -5.42. The van der Waals surface area contributed by atoms with Crippen LogP contribution in [0.3, 0.4) is 0 Å². The molecule has 0 saturated heterocycles. The molecule has 0 heterocycles. The number of benzene rings is 3. The van der Waals surface area contributed by atoms with Crippen molar-refractivity contribution >= 4 is 51.5 Å². The zero-order chi connectivity index (χ0) is 45.3. The summed E-state index contributed by atoms with van der Waals surface area (Å²) in [6.45, 7) is -3.85. The summed E-state index contributed by atoms with van der Waals surface area (Å²) in [6.07, 6.45) is 0. The molecule has 3 rings (SSSR count). The maximum absolute atomic E-state index is 12.0. The molecule has 0 aliphatic heterocycles. The van der Waals surface area contributed by atoms with Gasteiger partial charge in [0.25, 0.3) is 0 Å². The van der Waals surface area contributed by atoms with Crippen LogP contribution in [0.15, 0.2) is 72.8 Å². The summed E-state index contributed by atoms with van der Waals surface area (Å²) in [5.74, 6) is -4.25. The Morgan fingerprint density at radius 1 is 0.344 bits per heavy atom. The largest absolute Gasteiger partial charge is 0.472 e. The van der Waals surface area contributed by atoms with E-state index in [1.807, 2.05) is 0 Å². The van der Waals surface area contributed by atoms with Crippen LogP contribution in [0.4, 0.5) is 0 Å². The molecule has 0 unspecified atom stereocenters. The van der Waals surface area contributed by atoms with E-state index >= 15 is 0 Å². The summed E-state index contributed by atoms with van der Waals surface area (Å²) >= 11 is 0. The van der Waals surface area contributed by atoms with Gasteiger partial charge < -0.3 is 58.4 Å². The zero-order valence-corrected chi connectivity index (χ0v) is 33.7. The predicted molar refractivity (Wildman–Crippen MR) is 202 cm³/mol. The van der Waals surface area contributed by atoms with E-state index < -0.39 is 71.3 Å². The van der Waals surface area contributed by atoms with Gasteiger partial charge in [-0.05, 0) is 72.8 Å². The van der Waals surface area contributed by atoms with Crippen molar-refractivity contribution < 1.29 is 110 Å². The SMILES string of the molecule is O=C(OCCO)c1ccc(C(=O)OCCOP(=O)(O)O)cc1.O=C(OCCO)c1ccc(C(=O)OCCOP(=O)(O)OCCOC(=O)c2ccc(C(=O)OCCO)cc2)cc1. The maximum atomic E-state index is 12.0. The molecular formula is C36H42O23P2. The standard InChI is InChI=1S/C24H27O14P.C12H15O9P/c25-9-11-33-21(27)17-1-5-19(6-2-17)23(29)35-13-15-37-39(31,32)38-16-14-36-24(30)20-7-3-18(4-8-20)22(28)34-12-10-26;13-5-6-19-11(14)9-1-3-10(4-2-9)12(15)20-7-8-21-22(16,17)18/h1-8,25-26H,9-16H2,(H,31,32);1-4,13H,5-8H2,(H2,16,17,18). The van der Waals surface area contributed by atoms with Crippen molar-refractivity contribution in [3.8, 4) is 0 Å². The molecule has 25 heteroatoms. The fourth-order valence-corrected chi connectivity index (χ4v) is 5.04. The van der Waals surface area contributed by atoms with E-state index in [9.17, 15) is 42.8 Å². The number of hydrogen-bond donors (Lipinski definition) is 6. The normalized spacial score (nSPS) is 11.0. The second kappa shape index (κ2) is 27.4. The van der Waals surface area contributed by atoms with Crippen LogP contribution in [0.25, 0.3) is 0 Å². The first-order valence-electron chi connectivity index (χ1n) is 17.5. The van der Waals surface area contributed by atoms with Crippen LogP contribution in [0.5, 0.6) is 0 Å². The smallest absolute Gasteiger partial charge is 0.460 e. The minimum absolute atomic E-state index is 0.107. The van der Waals surface area contributed by atoms with Crippen LogP contribution in [0.2, 0.25) is 0 Å². The van der Waals surface area contributed by atoms with Gasteiger partial charge in [-0.3, -0.25) is 13.6 Å². The molecule has 23 nitrogen and oxygen atoms in total. The Morgan fingerprint density at radius 3 is 0.738 bits per heavy atom. The summed E-state index contributed by atoms with van der Waals surface area (Å²) < 4.78 is 64.6. The predicted octanol–water partition coefficient (Wildman–Crippen LogP) is 1.23. The van der Waals surface area contributed by atoms with E-state index in [1.165, 1.54) is 72.8 Å². The van der Waals surface area contributed by atoms with Crippen LogP contribution >= 0.6 is 15.6 Å². The number of hydrogen-bond acceptors (Lipinski definition) is 20. The first-order chi connectivity index (χ1) is 29.0. The van der Waals surface area contributed by atoms with Gasteiger partial charge in [0.05, 0.1) is 73.0 Å². The highest BCUT2D eigenvalue weighted by Crippen LogP contribution is 2.42. The van der Waals surface area contributed by atoms with Crippen molar-refractivity contribution in [3.63, 3.8) is 0 Å². The number of rotatable bonds is 24. The lowest BCUT2D eigenvalue weighted by molar-refractivity contribution is 0.0353. The lowest BCUT2D eigenvalue weighted by Crippen LogP contribution is -2.13. The topological polar surface area (TPSA) is 341 Å². The molecule has 0 aliphatic carbocycles. The number of carbonyl (C=O) groups excluding carboxylic acids is 6. The first kappa shape index (κ1) is 51.7. The van der Waals surface area contributed by atoms with Crippen molar-refractivity contribution in [2.24, 2.45) is 0 Å². The third-order valence-corrected chi connectivity index (χ3v) is 8.30. The molecule has 3 aromatic carbocycles. The molecule has 0 saturated carbocycles. The monoisotopic (exact) mass is 904 g/mol. The molecule has 0 aliphatic rings. The van der Waals surface area contributed by atoms with Crippen LogP contribution in [0.1, 0.15) is 62.1 Å². The number of phosphoric acid groups is 2. The fourth-order valence-electron chi connectivity index (χ4n) is 4.04. The van der Waals surface area contributed by atoms with Gasteiger partial charge in [-0.2, -0.15) is 0 Å². The van der Waals surface area contributed by atoms with Gasteiger partial charge in [0.15, 0.2) is 0 Å². The minimum Gasteiger partial charge on any atom is -0.460 e. The second-order valence-corrected chi connectivity index (χ2v) is 13.9. The number of esters is 6. The van der Waals surface area contributed by atoms with Gasteiger partial charge in [0.2, 0.25) is 0 Å². The lowest BCUT2D eigenvalue weighted by atomic mass is 10.1. The van der Waals surface area contributed by atoms with E-state index in [0.717, 1.165) is 0 Å². The van der Waals surface area contributed by atoms with Gasteiger partial charge in [0.1, 0.15) is 39.6 Å². The molecule has 0 atom stereocenters. The minimum atomic E-state index is -4.59. The number of phosphoric ester groups is 2. The molecule has 0 radical (unpaired) electrons. The third kappa shape index (κ3) is 21.1. The number of aliphatic hydroxyl groups excluding tert-OH is 3. The molecule has 0 fully saturated rings. The molecular weight excluding hydrogens is 862 g/mol. The van der Waals surface area contributed by atoms with E-state index in [4.69, 9.17) is 53.5 Å². The molecule has 3 aromatic rings. The number of carbonyl (C=O) groups is 6. The quantitative estimate of drug-likeness (QED) is 0.0319. The average molecular weight is 905 g/mol. The Bertz CT molecular complexity index is 1870. The Morgan fingerprint density at radius 2 is 0.541 bits per heavy atom. The summed E-state index contributed by atoms with van der Waals surface area (Å²) in [4.78, 5) is 97.0. The molecule has 334 valence electrons. The molecule has 0 aromatic heterocycles. The van der Waals surface area contributed by atoms with Gasteiger partial charge >= 0.3 is 51.5 Å². The third-order valence-electron chi connectivity index (χ3n) is 6.76. The van der Waals surface area contributed by atoms with E-state index in [1.54, 1.807) is 0 Å². The average Bonchev–Trinajstić information content (AvgIpc) is 3.25. The highest BCUT2D eigenvalue weighted by Gasteiger charge is 2.22. The molecule has 0 bridgehead atoms. The van der Waals surface area contributed by atoms with Crippen molar-refractivity contribution in [2.45, 2.75) is 0 Å². The lowest BCUT2D eigenvalue weighted by Gasteiger charge is -2.12. The van der Waals surface area contributed by atoms with Crippen LogP contribution in [-0.2, 0) is 51.1 Å². The van der Waals surface area contributed by atoms with E-state index in [0.29, 0.717) is 0 Å². The van der Waals surface area contributed by atoms with E-state index in [-0.39, 0.29) is 92.8 Å². The Balaban J connectivity index is 0.000000492. The zero-order valence-electron chi connectivity index (χ0n) is 31.9. The highest BCUT2D eigenvalue weighted by molar-refractivity contribution is 7.47. The Kier molecular flexibility index (Phi) is 23.3. The van der Waals surface area contributed by atoms with Gasteiger partial charge in [-0.1, -0.05) is 0 Å². The van der Waals surface area contributed by atoms with Crippen molar-refractivity contribution in [2.75, 3.05) is 79.3 Å². The van der Waals surface area contributed by atoms with Gasteiger partial charge in [-0.15, -0.1) is 0 Å². The summed E-state index contributed by atoms with van der Waals surface area (Å²) in [5, 5.41) is 25.9. The van der Waals surface area contributed by atoms with Crippen LogP contribution in [0, 0.1) is 0 Å².